The van der Waals surface area contributed by atoms with E-state index in [4.69, 9.17) is 11.0 Å². The second-order valence-corrected chi connectivity index (χ2v) is 3.36. The van der Waals surface area contributed by atoms with Gasteiger partial charge in [0.1, 0.15) is 17.5 Å². The van der Waals surface area contributed by atoms with Crippen molar-refractivity contribution in [2.24, 2.45) is 0 Å². The van der Waals surface area contributed by atoms with Gasteiger partial charge in [-0.3, -0.25) is 4.98 Å². The fraction of sp³-hybridized carbons (Fsp3) is 0.100. The number of nitrogens with zero attached hydrogens (tertiary/aromatic N) is 4. The highest BCUT2D eigenvalue weighted by molar-refractivity contribution is 5.54. The first-order valence-corrected chi connectivity index (χ1v) is 4.70. The third kappa shape index (κ3) is 1.86. The third-order valence-electron chi connectivity index (χ3n) is 2.26. The van der Waals surface area contributed by atoms with Crippen LogP contribution in [0.1, 0.15) is 11.1 Å². The summed E-state index contributed by atoms with van der Waals surface area (Å²) in [5.41, 5.74) is 4.31. The van der Waals surface area contributed by atoms with Crippen molar-refractivity contribution in [1.82, 2.24) is 14.8 Å². The van der Waals surface area contributed by atoms with E-state index in [1.54, 1.807) is 6.07 Å². The molecule has 8 heteroatoms. The monoisotopic (exact) mass is 253 g/mol. The molecular formula is C10H6F3N5. The summed E-state index contributed by atoms with van der Waals surface area (Å²) in [6.07, 6.45) is -1.43. The SMILES string of the molecule is N#Cc1cnn(-c2cnccc2C(F)(F)F)c1N. The van der Waals surface area contributed by atoms with E-state index in [0.29, 0.717) is 0 Å². The van der Waals surface area contributed by atoms with Gasteiger partial charge < -0.3 is 5.73 Å². The fourth-order valence-corrected chi connectivity index (χ4v) is 1.43. The number of hydrogen-bond donors (Lipinski definition) is 1. The standard InChI is InChI=1S/C10H6F3N5/c11-10(12,13)7-1-2-16-5-8(7)18-9(15)6(3-14)4-17-18/h1-2,4-5H,15H2. The van der Waals surface area contributed by atoms with Crippen LogP contribution in [0, 0.1) is 11.3 Å². The van der Waals surface area contributed by atoms with E-state index in [0.717, 1.165) is 29.3 Å². The Labute approximate surface area is 99.3 Å². The van der Waals surface area contributed by atoms with Crippen molar-refractivity contribution in [1.29, 1.82) is 5.26 Å². The molecule has 18 heavy (non-hydrogen) atoms. The first kappa shape index (κ1) is 11.9. The number of nitriles is 1. The quantitative estimate of drug-likeness (QED) is 0.839. The molecule has 0 saturated carbocycles. The second kappa shape index (κ2) is 4.03. The van der Waals surface area contributed by atoms with Gasteiger partial charge in [0.15, 0.2) is 0 Å². The molecule has 0 aromatic carbocycles. The molecule has 92 valence electrons. The summed E-state index contributed by atoms with van der Waals surface area (Å²) in [6, 6.07) is 2.56. The van der Waals surface area contributed by atoms with Crippen molar-refractivity contribution in [3.63, 3.8) is 0 Å². The lowest BCUT2D eigenvalue weighted by atomic mass is 10.2. The summed E-state index contributed by atoms with van der Waals surface area (Å²) in [6.45, 7) is 0. The third-order valence-corrected chi connectivity index (χ3v) is 2.26. The number of pyridine rings is 1. The van der Waals surface area contributed by atoms with Crippen LogP contribution in [0.5, 0.6) is 0 Å². The first-order chi connectivity index (χ1) is 8.45. The Morgan fingerprint density at radius 1 is 1.33 bits per heavy atom. The van der Waals surface area contributed by atoms with Crippen molar-refractivity contribution in [2.75, 3.05) is 5.73 Å². The Morgan fingerprint density at radius 2 is 2.06 bits per heavy atom. The summed E-state index contributed by atoms with van der Waals surface area (Å²) in [5, 5.41) is 12.3. The average Bonchev–Trinajstić information content (AvgIpc) is 2.69. The Kier molecular flexibility index (Phi) is 2.67. The molecule has 2 aromatic heterocycles. The van der Waals surface area contributed by atoms with Crippen LogP contribution in [0.25, 0.3) is 5.69 Å². The Bertz CT molecular complexity index is 623. The van der Waals surface area contributed by atoms with Crippen molar-refractivity contribution in [2.45, 2.75) is 6.18 Å². The molecule has 0 saturated heterocycles. The maximum Gasteiger partial charge on any atom is 0.418 e. The van der Waals surface area contributed by atoms with E-state index in [-0.39, 0.29) is 17.1 Å². The highest BCUT2D eigenvalue weighted by Gasteiger charge is 2.34. The lowest BCUT2D eigenvalue weighted by Gasteiger charge is -2.12. The van der Waals surface area contributed by atoms with E-state index in [2.05, 4.69) is 10.1 Å². The van der Waals surface area contributed by atoms with Gasteiger partial charge in [-0.2, -0.15) is 23.5 Å². The van der Waals surface area contributed by atoms with Crippen molar-refractivity contribution < 1.29 is 13.2 Å². The smallest absolute Gasteiger partial charge is 0.382 e. The minimum absolute atomic E-state index is 0.00646. The molecule has 5 nitrogen and oxygen atoms in total. The predicted molar refractivity (Wildman–Crippen MR) is 55.5 cm³/mol. The predicted octanol–water partition coefficient (Wildman–Crippen LogP) is 1.74. The number of rotatable bonds is 1. The number of hydrogen-bond acceptors (Lipinski definition) is 4. The lowest BCUT2D eigenvalue weighted by molar-refractivity contribution is -0.137. The zero-order valence-electron chi connectivity index (χ0n) is 8.81. The first-order valence-electron chi connectivity index (χ1n) is 4.70. The molecule has 2 N–H and O–H groups in total. The average molecular weight is 253 g/mol. The van der Waals surface area contributed by atoms with Crippen LogP contribution in [0.15, 0.2) is 24.7 Å². The number of anilines is 1. The number of nitrogens with two attached hydrogens (primary N) is 1. The molecular weight excluding hydrogens is 247 g/mol. The molecule has 0 amide bonds. The molecule has 0 aliphatic carbocycles. The summed E-state index contributed by atoms with van der Waals surface area (Å²) >= 11 is 0. The largest absolute Gasteiger partial charge is 0.418 e. The molecule has 2 aromatic rings. The van der Waals surface area contributed by atoms with E-state index in [1.807, 2.05) is 0 Å². The Morgan fingerprint density at radius 3 is 2.61 bits per heavy atom. The summed E-state index contributed by atoms with van der Waals surface area (Å²) in [5.74, 6) is -0.156. The fourth-order valence-electron chi connectivity index (χ4n) is 1.43. The van der Waals surface area contributed by atoms with E-state index >= 15 is 0 Å². The maximum atomic E-state index is 12.8. The van der Waals surface area contributed by atoms with Crippen molar-refractivity contribution in [3.05, 3.63) is 35.8 Å². The molecule has 0 fully saturated rings. The topological polar surface area (TPSA) is 80.5 Å². The van der Waals surface area contributed by atoms with Crippen LogP contribution >= 0.6 is 0 Å². The van der Waals surface area contributed by atoms with Gasteiger partial charge in [-0.05, 0) is 6.07 Å². The van der Waals surface area contributed by atoms with Gasteiger partial charge in [-0.25, -0.2) is 4.68 Å². The molecule has 2 heterocycles. The molecule has 0 unspecified atom stereocenters. The van der Waals surface area contributed by atoms with E-state index in [9.17, 15) is 13.2 Å². The summed E-state index contributed by atoms with van der Waals surface area (Å²) < 4.78 is 39.2. The van der Waals surface area contributed by atoms with Gasteiger partial charge in [0, 0.05) is 6.20 Å². The Balaban J connectivity index is 2.65. The summed E-state index contributed by atoms with van der Waals surface area (Å²) in [7, 11) is 0. The minimum Gasteiger partial charge on any atom is -0.382 e. The second-order valence-electron chi connectivity index (χ2n) is 3.36. The van der Waals surface area contributed by atoms with Gasteiger partial charge in [-0.1, -0.05) is 0 Å². The molecule has 0 bridgehead atoms. The zero-order valence-corrected chi connectivity index (χ0v) is 8.81. The summed E-state index contributed by atoms with van der Waals surface area (Å²) in [4.78, 5) is 3.61. The molecule has 0 atom stereocenters. The number of nitrogen functional groups attached to an aromatic ring is 1. The van der Waals surface area contributed by atoms with Gasteiger partial charge in [0.25, 0.3) is 0 Å². The molecule has 2 rings (SSSR count). The number of alkyl halides is 3. The number of halogens is 3. The lowest BCUT2D eigenvalue weighted by Crippen LogP contribution is -2.13. The Hall–Kier alpha value is -2.56. The van der Waals surface area contributed by atoms with Gasteiger partial charge >= 0.3 is 6.18 Å². The molecule has 0 spiro atoms. The molecule has 0 radical (unpaired) electrons. The van der Waals surface area contributed by atoms with Gasteiger partial charge in [0.2, 0.25) is 0 Å². The number of aromatic nitrogens is 3. The van der Waals surface area contributed by atoms with Gasteiger partial charge in [-0.15, -0.1) is 0 Å². The highest BCUT2D eigenvalue weighted by atomic mass is 19.4. The van der Waals surface area contributed by atoms with Crippen LogP contribution in [-0.4, -0.2) is 14.8 Å². The van der Waals surface area contributed by atoms with Crippen molar-refractivity contribution in [3.8, 4) is 11.8 Å². The minimum atomic E-state index is -4.55. The van der Waals surface area contributed by atoms with Crippen LogP contribution in [0.2, 0.25) is 0 Å². The van der Waals surface area contributed by atoms with E-state index < -0.39 is 11.7 Å². The maximum absolute atomic E-state index is 12.8. The van der Waals surface area contributed by atoms with Gasteiger partial charge in [0.05, 0.1) is 23.6 Å². The highest BCUT2D eigenvalue weighted by Crippen LogP contribution is 2.33. The normalized spacial score (nSPS) is 11.2. The van der Waals surface area contributed by atoms with Crippen LogP contribution in [-0.2, 0) is 6.18 Å². The van der Waals surface area contributed by atoms with Crippen LogP contribution < -0.4 is 5.73 Å². The zero-order chi connectivity index (χ0) is 13.3. The van der Waals surface area contributed by atoms with Crippen molar-refractivity contribution >= 4 is 5.82 Å². The van der Waals surface area contributed by atoms with Crippen LogP contribution in [0.4, 0.5) is 19.0 Å². The molecule has 0 aliphatic rings. The molecule has 0 aliphatic heterocycles. The van der Waals surface area contributed by atoms with Crippen LogP contribution in [0.3, 0.4) is 0 Å². The van der Waals surface area contributed by atoms with E-state index in [1.165, 1.54) is 0 Å².